The summed E-state index contributed by atoms with van der Waals surface area (Å²) in [4.78, 5) is 22.2. The van der Waals surface area contributed by atoms with Gasteiger partial charge in [-0.3, -0.25) is 9.36 Å². The number of thioether (sulfide) groups is 1. The fraction of sp³-hybridized carbons (Fsp3) is 0.182. The van der Waals surface area contributed by atoms with Gasteiger partial charge in [-0.2, -0.15) is 4.98 Å². The van der Waals surface area contributed by atoms with Crippen molar-refractivity contribution in [1.82, 2.24) is 19.7 Å². The number of aromatic nitrogens is 4. The molecule has 3 heterocycles. The number of allylic oxidation sites excluding steroid dienone is 1. The first-order valence-corrected chi connectivity index (χ1v) is 10.6. The Bertz CT molecular complexity index is 1340. The molecule has 2 aromatic heterocycles. The van der Waals surface area contributed by atoms with Gasteiger partial charge in [-0.05, 0) is 13.0 Å². The summed E-state index contributed by atoms with van der Waals surface area (Å²) in [5, 5.41) is 5.06. The van der Waals surface area contributed by atoms with Crippen LogP contribution in [0, 0.1) is 6.92 Å². The predicted molar refractivity (Wildman–Crippen MR) is 116 cm³/mol. The molecule has 31 heavy (non-hydrogen) atoms. The van der Waals surface area contributed by atoms with Gasteiger partial charge in [0.15, 0.2) is 16.7 Å². The summed E-state index contributed by atoms with van der Waals surface area (Å²) in [6.07, 6.45) is 1.66. The Morgan fingerprint density at radius 2 is 1.94 bits per heavy atom. The molecule has 0 atom stereocenters. The van der Waals surface area contributed by atoms with Crippen LogP contribution in [0.4, 0.5) is 0 Å². The fourth-order valence-electron chi connectivity index (χ4n) is 3.25. The lowest BCUT2D eigenvalue weighted by Crippen LogP contribution is -2.22. The second kappa shape index (κ2) is 7.92. The zero-order valence-corrected chi connectivity index (χ0v) is 17.5. The minimum atomic E-state index is -0.170. The molecular weight excluding hydrogens is 416 g/mol. The molecule has 156 valence electrons. The Balaban J connectivity index is 1.45. The van der Waals surface area contributed by atoms with Crippen molar-refractivity contribution in [3.8, 4) is 22.9 Å². The molecule has 2 aromatic carbocycles. The Labute approximate surface area is 181 Å². The first-order chi connectivity index (χ1) is 15.1. The maximum absolute atomic E-state index is 13.1. The van der Waals surface area contributed by atoms with Crippen LogP contribution in [0.2, 0.25) is 0 Å². The fourth-order valence-corrected chi connectivity index (χ4v) is 4.10. The normalized spacial score (nSPS) is 12.4. The van der Waals surface area contributed by atoms with E-state index < -0.39 is 0 Å². The smallest absolute Gasteiger partial charge is 0.262 e. The van der Waals surface area contributed by atoms with E-state index >= 15 is 0 Å². The number of rotatable bonds is 6. The molecule has 0 amide bonds. The van der Waals surface area contributed by atoms with Gasteiger partial charge in [0.1, 0.15) is 0 Å². The molecule has 0 saturated heterocycles. The number of fused-ring (bicyclic) bond motifs is 2. The molecule has 0 unspecified atom stereocenters. The molecule has 0 bridgehead atoms. The molecule has 0 radical (unpaired) electrons. The first kappa shape index (κ1) is 19.4. The number of ether oxygens (including phenoxy) is 2. The van der Waals surface area contributed by atoms with E-state index in [1.165, 1.54) is 11.8 Å². The van der Waals surface area contributed by atoms with Gasteiger partial charge in [0.05, 0.1) is 16.7 Å². The summed E-state index contributed by atoms with van der Waals surface area (Å²) in [6.45, 7) is 6.24. The van der Waals surface area contributed by atoms with Crippen LogP contribution in [-0.4, -0.2) is 26.5 Å². The topological polar surface area (TPSA) is 92.3 Å². The second-order valence-corrected chi connectivity index (χ2v) is 7.93. The van der Waals surface area contributed by atoms with Crippen molar-refractivity contribution in [2.24, 2.45) is 0 Å². The molecule has 1 aliphatic rings. The van der Waals surface area contributed by atoms with Gasteiger partial charge in [0, 0.05) is 18.2 Å². The largest absolute Gasteiger partial charge is 0.454 e. The standard InChI is InChI=1S/C22H18N4O4S/c1-3-8-26-21(27)15-9-17-18(29-12-28-17)10-16(15)23-22(26)31-11-19-24-20(25-30-19)14-6-4-13(2)5-7-14/h3-7,9-10H,1,8,11-12H2,2H3. The lowest BCUT2D eigenvalue weighted by Gasteiger charge is -2.11. The van der Waals surface area contributed by atoms with Crippen LogP contribution in [0.25, 0.3) is 22.3 Å². The molecule has 0 fully saturated rings. The predicted octanol–water partition coefficient (Wildman–Crippen LogP) is 3.96. The van der Waals surface area contributed by atoms with Crippen molar-refractivity contribution in [2.75, 3.05) is 6.79 Å². The monoisotopic (exact) mass is 434 g/mol. The SMILES string of the molecule is C=CCn1c(SCc2nc(-c3ccc(C)cc3)no2)nc2cc3c(cc2c1=O)OCO3. The maximum Gasteiger partial charge on any atom is 0.262 e. The van der Waals surface area contributed by atoms with Crippen molar-refractivity contribution in [3.05, 3.63) is 70.9 Å². The van der Waals surface area contributed by atoms with Crippen LogP contribution in [0.15, 0.2) is 63.5 Å². The van der Waals surface area contributed by atoms with E-state index in [1.54, 1.807) is 22.8 Å². The Hall–Kier alpha value is -3.59. The number of benzene rings is 2. The minimum absolute atomic E-state index is 0.134. The number of aryl methyl sites for hydroxylation is 1. The average molecular weight is 434 g/mol. The Kier molecular flexibility index (Phi) is 4.95. The Morgan fingerprint density at radius 3 is 2.71 bits per heavy atom. The highest BCUT2D eigenvalue weighted by atomic mass is 32.2. The summed E-state index contributed by atoms with van der Waals surface area (Å²) in [7, 11) is 0. The van der Waals surface area contributed by atoms with Gasteiger partial charge in [-0.1, -0.05) is 52.8 Å². The van der Waals surface area contributed by atoms with Crippen molar-refractivity contribution in [3.63, 3.8) is 0 Å². The van der Waals surface area contributed by atoms with E-state index in [9.17, 15) is 4.79 Å². The molecule has 0 aliphatic carbocycles. The molecule has 5 rings (SSSR count). The van der Waals surface area contributed by atoms with E-state index in [2.05, 4.69) is 21.7 Å². The quantitative estimate of drug-likeness (QED) is 0.256. The van der Waals surface area contributed by atoms with Crippen LogP contribution in [0.3, 0.4) is 0 Å². The summed E-state index contributed by atoms with van der Waals surface area (Å²) < 4.78 is 17.8. The third kappa shape index (κ3) is 3.68. The van der Waals surface area contributed by atoms with Crippen LogP contribution in [0.1, 0.15) is 11.5 Å². The van der Waals surface area contributed by atoms with Crippen molar-refractivity contribution >= 4 is 22.7 Å². The summed E-state index contributed by atoms with van der Waals surface area (Å²) >= 11 is 1.35. The van der Waals surface area contributed by atoms with Crippen LogP contribution in [-0.2, 0) is 12.3 Å². The number of hydrogen-bond acceptors (Lipinski definition) is 8. The maximum atomic E-state index is 13.1. The van der Waals surface area contributed by atoms with Gasteiger partial charge in [0.25, 0.3) is 5.56 Å². The van der Waals surface area contributed by atoms with E-state index in [1.807, 2.05) is 31.2 Å². The van der Waals surface area contributed by atoms with Gasteiger partial charge in [-0.15, -0.1) is 6.58 Å². The van der Waals surface area contributed by atoms with Crippen LogP contribution in [0.5, 0.6) is 11.5 Å². The van der Waals surface area contributed by atoms with Gasteiger partial charge in [-0.25, -0.2) is 4.98 Å². The molecular formula is C22H18N4O4S. The molecule has 1 aliphatic heterocycles. The van der Waals surface area contributed by atoms with E-state index in [0.717, 1.165) is 11.1 Å². The minimum Gasteiger partial charge on any atom is -0.454 e. The highest BCUT2D eigenvalue weighted by molar-refractivity contribution is 7.98. The van der Waals surface area contributed by atoms with Gasteiger partial charge < -0.3 is 14.0 Å². The molecule has 0 N–H and O–H groups in total. The summed E-state index contributed by atoms with van der Waals surface area (Å²) in [5.41, 5.74) is 2.42. The third-order valence-corrected chi connectivity index (χ3v) is 5.79. The van der Waals surface area contributed by atoms with E-state index in [0.29, 0.717) is 51.6 Å². The molecule has 8 nitrogen and oxygen atoms in total. The van der Waals surface area contributed by atoms with Crippen LogP contribution < -0.4 is 15.0 Å². The number of hydrogen-bond donors (Lipinski definition) is 0. The van der Waals surface area contributed by atoms with Gasteiger partial charge in [0.2, 0.25) is 18.5 Å². The molecule has 4 aromatic rings. The Morgan fingerprint density at radius 1 is 1.16 bits per heavy atom. The zero-order valence-electron chi connectivity index (χ0n) is 16.7. The summed E-state index contributed by atoms with van der Waals surface area (Å²) in [6, 6.07) is 11.3. The lowest BCUT2D eigenvalue weighted by atomic mass is 10.1. The molecule has 9 heteroatoms. The highest BCUT2D eigenvalue weighted by Crippen LogP contribution is 2.35. The highest BCUT2D eigenvalue weighted by Gasteiger charge is 2.19. The first-order valence-electron chi connectivity index (χ1n) is 9.60. The van der Waals surface area contributed by atoms with Gasteiger partial charge >= 0.3 is 0 Å². The average Bonchev–Trinajstić information content (AvgIpc) is 3.43. The molecule has 0 spiro atoms. The number of nitrogens with zero attached hydrogens (tertiary/aromatic N) is 4. The van der Waals surface area contributed by atoms with E-state index in [4.69, 9.17) is 14.0 Å². The second-order valence-electron chi connectivity index (χ2n) is 6.99. The lowest BCUT2D eigenvalue weighted by molar-refractivity contribution is 0.174. The van der Waals surface area contributed by atoms with E-state index in [-0.39, 0.29) is 12.4 Å². The molecule has 0 saturated carbocycles. The third-order valence-electron chi connectivity index (χ3n) is 4.83. The van der Waals surface area contributed by atoms with Crippen molar-refractivity contribution < 1.29 is 14.0 Å². The zero-order chi connectivity index (χ0) is 21.4. The van der Waals surface area contributed by atoms with Crippen LogP contribution >= 0.6 is 11.8 Å². The van der Waals surface area contributed by atoms with Crippen molar-refractivity contribution in [2.45, 2.75) is 24.4 Å². The summed E-state index contributed by atoms with van der Waals surface area (Å²) in [5.74, 6) is 2.48. The van der Waals surface area contributed by atoms with Crippen molar-refractivity contribution in [1.29, 1.82) is 0 Å².